The van der Waals surface area contributed by atoms with Gasteiger partial charge in [-0.05, 0) is 24.3 Å². The zero-order valence-electron chi connectivity index (χ0n) is 8.31. The second kappa shape index (κ2) is 7.30. The molecule has 0 aliphatic rings. The third kappa shape index (κ3) is 5.04. The first kappa shape index (κ1) is 15.0. The normalized spacial score (nSPS) is 8.47. The number of aromatic carboxylic acids is 2. The van der Waals surface area contributed by atoms with Crippen LogP contribution in [0.25, 0.3) is 0 Å². The molecular weight excluding hydrogens is 275 g/mol. The molecule has 0 amide bonds. The van der Waals surface area contributed by atoms with Gasteiger partial charge in [0.05, 0.1) is 12.5 Å². The first-order chi connectivity index (χ1) is 7.61. The molecule has 7 heteroatoms. The molecule has 0 saturated carbocycles. The van der Waals surface area contributed by atoms with Crippen molar-refractivity contribution in [1.82, 2.24) is 0 Å². The minimum absolute atomic E-state index is 0. The van der Waals surface area contributed by atoms with Gasteiger partial charge in [0.15, 0.2) is 0 Å². The minimum Gasteiger partial charge on any atom is -0.475 e. The Balaban J connectivity index is 0.000000284. The molecule has 0 aromatic carbocycles. The smallest absolute Gasteiger partial charge is 0.371 e. The van der Waals surface area contributed by atoms with Gasteiger partial charge in [0.1, 0.15) is 0 Å². The second-order valence-electron chi connectivity index (χ2n) is 2.56. The maximum atomic E-state index is 9.97. The maximum absolute atomic E-state index is 9.97. The molecule has 0 radical (unpaired) electrons. The summed E-state index contributed by atoms with van der Waals surface area (Å²) >= 11 is 0. The molecule has 2 aromatic rings. The van der Waals surface area contributed by atoms with Crippen LogP contribution in [0, 0.1) is 0 Å². The molecule has 2 aromatic heterocycles. The van der Waals surface area contributed by atoms with E-state index in [1.807, 2.05) is 0 Å². The van der Waals surface area contributed by atoms with Crippen molar-refractivity contribution in [3.05, 3.63) is 48.3 Å². The van der Waals surface area contributed by atoms with Gasteiger partial charge >= 0.3 is 11.9 Å². The van der Waals surface area contributed by atoms with Gasteiger partial charge in [-0.3, -0.25) is 0 Å². The maximum Gasteiger partial charge on any atom is 0.371 e. The zero-order chi connectivity index (χ0) is 12.0. The third-order valence-corrected chi connectivity index (χ3v) is 1.46. The van der Waals surface area contributed by atoms with Gasteiger partial charge in [-0.25, -0.2) is 9.59 Å². The first-order valence-corrected chi connectivity index (χ1v) is 4.15. The Bertz CT molecular complexity index is 401. The molecule has 0 aliphatic heterocycles. The zero-order valence-corrected chi connectivity index (χ0v) is 9.30. The van der Waals surface area contributed by atoms with Gasteiger partial charge in [0, 0.05) is 16.5 Å². The number of furan rings is 2. The van der Waals surface area contributed by atoms with Gasteiger partial charge in [-0.2, -0.15) is 0 Å². The Morgan fingerprint density at radius 1 is 0.882 bits per heavy atom. The van der Waals surface area contributed by atoms with Crippen LogP contribution in [0.2, 0.25) is 0 Å². The molecular formula is C10H8NiO6. The molecule has 94 valence electrons. The summed E-state index contributed by atoms with van der Waals surface area (Å²) in [7, 11) is 0. The molecule has 2 heterocycles. The Labute approximate surface area is 106 Å². The number of carbonyl (C=O) groups is 2. The topological polar surface area (TPSA) is 101 Å². The van der Waals surface area contributed by atoms with Crippen molar-refractivity contribution in [2.75, 3.05) is 0 Å². The van der Waals surface area contributed by atoms with Crippen molar-refractivity contribution >= 4 is 11.9 Å². The largest absolute Gasteiger partial charge is 0.475 e. The van der Waals surface area contributed by atoms with E-state index in [4.69, 9.17) is 10.2 Å². The molecule has 6 nitrogen and oxygen atoms in total. The minimum atomic E-state index is -1.03. The number of rotatable bonds is 2. The fourth-order valence-corrected chi connectivity index (χ4v) is 0.800. The van der Waals surface area contributed by atoms with E-state index in [-0.39, 0.29) is 28.0 Å². The Kier molecular flexibility index (Phi) is 6.44. The second-order valence-corrected chi connectivity index (χ2v) is 2.56. The van der Waals surface area contributed by atoms with Gasteiger partial charge in [0.2, 0.25) is 11.5 Å². The quantitative estimate of drug-likeness (QED) is 0.817. The monoisotopic (exact) mass is 282 g/mol. The van der Waals surface area contributed by atoms with Crippen molar-refractivity contribution in [2.45, 2.75) is 0 Å². The SMILES string of the molecule is O=C(O)c1ccco1.O=C(O)c1ccco1.[Ni]. The Hall–Kier alpha value is -2.01. The van der Waals surface area contributed by atoms with E-state index in [9.17, 15) is 9.59 Å². The van der Waals surface area contributed by atoms with Gasteiger partial charge in [0.25, 0.3) is 0 Å². The molecule has 0 atom stereocenters. The summed E-state index contributed by atoms with van der Waals surface area (Å²) in [6, 6.07) is 5.84. The fraction of sp³-hybridized carbons (Fsp3) is 0. The Morgan fingerprint density at radius 3 is 1.35 bits per heavy atom. The van der Waals surface area contributed by atoms with Crippen molar-refractivity contribution in [1.29, 1.82) is 0 Å². The van der Waals surface area contributed by atoms with E-state index in [1.165, 1.54) is 36.8 Å². The van der Waals surface area contributed by atoms with Crippen LogP contribution in [0.4, 0.5) is 0 Å². The molecule has 0 spiro atoms. The molecule has 0 unspecified atom stereocenters. The number of carboxylic acid groups (broad SMARTS) is 2. The average molecular weight is 283 g/mol. The predicted molar refractivity (Wildman–Crippen MR) is 51.3 cm³/mol. The number of carboxylic acids is 2. The predicted octanol–water partition coefficient (Wildman–Crippen LogP) is 1.95. The van der Waals surface area contributed by atoms with Crippen LogP contribution in [-0.4, -0.2) is 22.2 Å². The van der Waals surface area contributed by atoms with Crippen molar-refractivity contribution < 1.29 is 45.1 Å². The summed E-state index contributed by atoms with van der Waals surface area (Å²) in [5, 5.41) is 16.4. The summed E-state index contributed by atoms with van der Waals surface area (Å²) in [5.41, 5.74) is 0. The van der Waals surface area contributed by atoms with Gasteiger partial charge in [-0.15, -0.1) is 0 Å². The van der Waals surface area contributed by atoms with E-state index >= 15 is 0 Å². The van der Waals surface area contributed by atoms with E-state index in [2.05, 4.69) is 8.83 Å². The summed E-state index contributed by atoms with van der Waals surface area (Å²) in [4.78, 5) is 19.9. The molecule has 0 fully saturated rings. The molecule has 2 N–H and O–H groups in total. The van der Waals surface area contributed by atoms with Crippen molar-refractivity contribution in [3.8, 4) is 0 Å². The summed E-state index contributed by atoms with van der Waals surface area (Å²) in [6.45, 7) is 0. The van der Waals surface area contributed by atoms with Crippen LogP contribution >= 0.6 is 0 Å². The van der Waals surface area contributed by atoms with E-state index in [0.29, 0.717) is 0 Å². The van der Waals surface area contributed by atoms with Crippen LogP contribution in [0.5, 0.6) is 0 Å². The number of hydrogen-bond acceptors (Lipinski definition) is 4. The fourth-order valence-electron chi connectivity index (χ4n) is 0.800. The van der Waals surface area contributed by atoms with E-state index in [1.54, 1.807) is 0 Å². The van der Waals surface area contributed by atoms with Gasteiger partial charge < -0.3 is 19.0 Å². The van der Waals surface area contributed by atoms with Crippen LogP contribution in [0.1, 0.15) is 21.1 Å². The molecule has 0 bridgehead atoms. The number of hydrogen-bond donors (Lipinski definition) is 2. The summed E-state index contributed by atoms with van der Waals surface area (Å²) < 4.78 is 8.99. The standard InChI is InChI=1S/2C5H4O3.Ni/c2*6-5(7)4-2-1-3-8-4;/h2*1-3H,(H,6,7);. The first-order valence-electron chi connectivity index (χ1n) is 4.15. The van der Waals surface area contributed by atoms with Crippen LogP contribution in [0.15, 0.2) is 45.6 Å². The van der Waals surface area contributed by atoms with Crippen LogP contribution in [0.3, 0.4) is 0 Å². The molecule has 2 rings (SSSR count). The van der Waals surface area contributed by atoms with Crippen LogP contribution < -0.4 is 0 Å². The summed E-state index contributed by atoms with van der Waals surface area (Å²) in [6.07, 6.45) is 2.65. The van der Waals surface area contributed by atoms with Crippen LogP contribution in [-0.2, 0) is 16.5 Å². The van der Waals surface area contributed by atoms with E-state index in [0.717, 1.165) is 0 Å². The van der Waals surface area contributed by atoms with Crippen molar-refractivity contribution in [3.63, 3.8) is 0 Å². The van der Waals surface area contributed by atoms with Crippen molar-refractivity contribution in [2.24, 2.45) is 0 Å². The van der Waals surface area contributed by atoms with E-state index < -0.39 is 11.9 Å². The molecule has 0 saturated heterocycles. The van der Waals surface area contributed by atoms with Gasteiger partial charge in [-0.1, -0.05) is 0 Å². The molecule has 0 aliphatic carbocycles. The molecule has 17 heavy (non-hydrogen) atoms. The summed E-state index contributed by atoms with van der Waals surface area (Å²) in [5.74, 6) is -2.11. The Morgan fingerprint density at radius 2 is 1.24 bits per heavy atom. The average Bonchev–Trinajstić information content (AvgIpc) is 2.93. The third-order valence-electron chi connectivity index (χ3n) is 1.46.